The van der Waals surface area contributed by atoms with Crippen molar-refractivity contribution in [3.8, 4) is 0 Å². The van der Waals surface area contributed by atoms with Gasteiger partial charge in [-0.15, -0.1) is 5.73 Å². The zero-order valence-electron chi connectivity index (χ0n) is 10.8. The Labute approximate surface area is 107 Å². The van der Waals surface area contributed by atoms with Crippen LogP contribution < -0.4 is 0 Å². The molecule has 0 aliphatic rings. The highest BCUT2D eigenvalue weighted by Gasteiger charge is 2.09. The van der Waals surface area contributed by atoms with Crippen LogP contribution in [0.25, 0.3) is 0 Å². The highest BCUT2D eigenvalue weighted by Crippen LogP contribution is 2.18. The Bertz CT molecular complexity index is 435. The number of allylic oxidation sites excluding steroid dienone is 1. The summed E-state index contributed by atoms with van der Waals surface area (Å²) < 4.78 is 12.4. The number of hydrogen-bond acceptors (Lipinski definition) is 1. The van der Waals surface area contributed by atoms with Crippen LogP contribution in [-0.2, 0) is 10.8 Å². The fourth-order valence-electron chi connectivity index (χ4n) is 1.50. The molecule has 1 nitrogen and oxygen atoms in total. The molecule has 0 bridgehead atoms. The summed E-state index contributed by atoms with van der Waals surface area (Å²) in [5, 5.41) is 0. The highest BCUT2D eigenvalue weighted by molar-refractivity contribution is 7.89. The first-order valence-electron chi connectivity index (χ1n) is 6.05. The molecule has 1 aromatic carbocycles. The summed E-state index contributed by atoms with van der Waals surface area (Å²) in [5.41, 5.74) is 4.33. The molecule has 0 aliphatic heterocycles. The molecule has 1 aromatic rings. The van der Waals surface area contributed by atoms with Crippen LogP contribution in [-0.4, -0.2) is 4.21 Å². The van der Waals surface area contributed by atoms with Gasteiger partial charge in [0.25, 0.3) is 0 Å². The number of benzene rings is 1. The van der Waals surface area contributed by atoms with Gasteiger partial charge < -0.3 is 0 Å². The van der Waals surface area contributed by atoms with E-state index < -0.39 is 10.8 Å². The van der Waals surface area contributed by atoms with Gasteiger partial charge in [-0.2, -0.15) is 0 Å². The Morgan fingerprint density at radius 1 is 1.24 bits per heavy atom. The summed E-state index contributed by atoms with van der Waals surface area (Å²) in [5.74, 6) is 0. The lowest BCUT2D eigenvalue weighted by molar-refractivity contribution is 0.683. The summed E-state index contributed by atoms with van der Waals surface area (Å²) in [7, 11) is -1.06. The van der Waals surface area contributed by atoms with Gasteiger partial charge in [0.15, 0.2) is 0 Å². The molecule has 0 aliphatic carbocycles. The molecular formula is C15H20OS. The van der Waals surface area contributed by atoms with Crippen molar-refractivity contribution in [1.29, 1.82) is 0 Å². The van der Waals surface area contributed by atoms with E-state index in [2.05, 4.69) is 12.7 Å². The molecule has 0 radical (unpaired) electrons. The molecule has 2 heteroatoms. The van der Waals surface area contributed by atoms with E-state index >= 15 is 0 Å². The van der Waals surface area contributed by atoms with Crippen molar-refractivity contribution in [2.24, 2.45) is 0 Å². The maximum atomic E-state index is 12.4. The standard InChI is InChI=1S/C15H20OS/c1-4-5-9-15(12-13(2)3)17(16)14-10-7-6-8-11-14/h6-8,10-11H,4-5,9H2,1-3H3. The van der Waals surface area contributed by atoms with Crippen LogP contribution in [0, 0.1) is 0 Å². The largest absolute Gasteiger partial charge is 0.249 e. The van der Waals surface area contributed by atoms with Gasteiger partial charge >= 0.3 is 0 Å². The molecule has 0 spiro atoms. The SMILES string of the molecule is CCCCC(=C=C(C)C)S(=O)c1ccccc1. The van der Waals surface area contributed by atoms with Gasteiger partial charge in [-0.25, -0.2) is 4.21 Å². The summed E-state index contributed by atoms with van der Waals surface area (Å²) >= 11 is 0. The predicted molar refractivity (Wildman–Crippen MR) is 74.3 cm³/mol. The van der Waals surface area contributed by atoms with Crippen LogP contribution in [0.5, 0.6) is 0 Å². The van der Waals surface area contributed by atoms with Crippen molar-refractivity contribution < 1.29 is 4.21 Å². The van der Waals surface area contributed by atoms with Crippen molar-refractivity contribution in [3.05, 3.63) is 46.5 Å². The Morgan fingerprint density at radius 3 is 2.41 bits per heavy atom. The number of unbranched alkanes of at least 4 members (excludes halogenated alkanes) is 1. The highest BCUT2D eigenvalue weighted by atomic mass is 32.2. The third-order valence-electron chi connectivity index (χ3n) is 2.33. The van der Waals surface area contributed by atoms with Crippen molar-refractivity contribution in [2.45, 2.75) is 44.9 Å². The average molecular weight is 248 g/mol. The van der Waals surface area contributed by atoms with Crippen LogP contribution >= 0.6 is 0 Å². The Balaban J connectivity index is 3.00. The second-order valence-corrected chi connectivity index (χ2v) is 5.74. The lowest BCUT2D eigenvalue weighted by Gasteiger charge is -2.04. The monoisotopic (exact) mass is 248 g/mol. The van der Waals surface area contributed by atoms with E-state index in [0.29, 0.717) is 0 Å². The van der Waals surface area contributed by atoms with Gasteiger partial charge in [-0.05, 0) is 44.4 Å². The topological polar surface area (TPSA) is 17.1 Å². The van der Waals surface area contributed by atoms with E-state index in [1.807, 2.05) is 44.2 Å². The Morgan fingerprint density at radius 2 is 1.88 bits per heavy atom. The zero-order valence-corrected chi connectivity index (χ0v) is 11.6. The molecule has 92 valence electrons. The minimum absolute atomic E-state index is 0.864. The first kappa shape index (κ1) is 14.0. The summed E-state index contributed by atoms with van der Waals surface area (Å²) in [4.78, 5) is 1.78. The maximum Gasteiger partial charge on any atom is 0.0886 e. The second-order valence-electron chi connectivity index (χ2n) is 4.23. The second kappa shape index (κ2) is 7.26. The van der Waals surface area contributed by atoms with Crippen LogP contribution in [0.1, 0.15) is 40.0 Å². The predicted octanol–water partition coefficient (Wildman–Crippen LogP) is 4.43. The van der Waals surface area contributed by atoms with Crippen molar-refractivity contribution >= 4 is 10.8 Å². The van der Waals surface area contributed by atoms with Crippen LogP contribution in [0.4, 0.5) is 0 Å². The third kappa shape index (κ3) is 4.72. The van der Waals surface area contributed by atoms with Gasteiger partial charge in [0.2, 0.25) is 0 Å². The molecular weight excluding hydrogens is 228 g/mol. The van der Waals surface area contributed by atoms with Crippen LogP contribution in [0.3, 0.4) is 0 Å². The van der Waals surface area contributed by atoms with Crippen molar-refractivity contribution in [2.75, 3.05) is 0 Å². The molecule has 1 unspecified atom stereocenters. The van der Waals surface area contributed by atoms with E-state index in [0.717, 1.165) is 34.6 Å². The van der Waals surface area contributed by atoms with Crippen LogP contribution in [0.2, 0.25) is 0 Å². The first-order valence-corrected chi connectivity index (χ1v) is 7.20. The van der Waals surface area contributed by atoms with Gasteiger partial charge in [-0.3, -0.25) is 0 Å². The molecule has 0 N–H and O–H groups in total. The average Bonchev–Trinajstić information content (AvgIpc) is 2.34. The van der Waals surface area contributed by atoms with Gasteiger partial charge in [-0.1, -0.05) is 31.5 Å². The number of hydrogen-bond donors (Lipinski definition) is 0. The Hall–Kier alpha value is -1.11. The summed E-state index contributed by atoms with van der Waals surface area (Å²) in [6.07, 6.45) is 3.04. The molecule has 1 atom stereocenters. The summed E-state index contributed by atoms with van der Waals surface area (Å²) in [6.45, 7) is 6.13. The fourth-order valence-corrected chi connectivity index (χ4v) is 2.82. The van der Waals surface area contributed by atoms with E-state index in [4.69, 9.17) is 0 Å². The minimum Gasteiger partial charge on any atom is -0.249 e. The van der Waals surface area contributed by atoms with Gasteiger partial charge in [0.1, 0.15) is 0 Å². The van der Waals surface area contributed by atoms with E-state index in [1.165, 1.54) is 0 Å². The van der Waals surface area contributed by atoms with Crippen LogP contribution in [0.15, 0.2) is 51.4 Å². The minimum atomic E-state index is -1.06. The van der Waals surface area contributed by atoms with Crippen molar-refractivity contribution in [3.63, 3.8) is 0 Å². The molecule has 0 heterocycles. The third-order valence-corrected chi connectivity index (χ3v) is 3.78. The molecule has 0 fully saturated rings. The van der Waals surface area contributed by atoms with E-state index in [9.17, 15) is 4.21 Å². The normalized spacial score (nSPS) is 11.7. The molecule has 0 amide bonds. The number of rotatable bonds is 5. The molecule has 0 aromatic heterocycles. The van der Waals surface area contributed by atoms with Gasteiger partial charge in [0.05, 0.1) is 15.7 Å². The summed E-state index contributed by atoms with van der Waals surface area (Å²) in [6, 6.07) is 9.61. The molecule has 0 saturated carbocycles. The lowest BCUT2D eigenvalue weighted by atomic mass is 10.2. The van der Waals surface area contributed by atoms with E-state index in [-0.39, 0.29) is 0 Å². The molecule has 1 rings (SSSR count). The quantitative estimate of drug-likeness (QED) is 0.704. The van der Waals surface area contributed by atoms with E-state index in [1.54, 1.807) is 0 Å². The Kier molecular flexibility index (Phi) is 5.96. The smallest absolute Gasteiger partial charge is 0.0886 e. The molecule has 0 saturated heterocycles. The van der Waals surface area contributed by atoms with Crippen molar-refractivity contribution in [1.82, 2.24) is 0 Å². The first-order chi connectivity index (χ1) is 8.15. The fraction of sp³-hybridized carbons (Fsp3) is 0.400. The van der Waals surface area contributed by atoms with Gasteiger partial charge in [0, 0.05) is 4.90 Å². The lowest BCUT2D eigenvalue weighted by Crippen LogP contribution is -1.95. The molecule has 17 heavy (non-hydrogen) atoms. The maximum absolute atomic E-state index is 12.4. The zero-order chi connectivity index (χ0) is 12.7.